The fourth-order valence-corrected chi connectivity index (χ4v) is 5.93. The molecule has 1 saturated heterocycles. The average molecular weight is 427 g/mol. The quantitative estimate of drug-likeness (QED) is 0.767. The van der Waals surface area contributed by atoms with Gasteiger partial charge in [0.15, 0.2) is 0 Å². The predicted octanol–water partition coefficient (Wildman–Crippen LogP) is 4.76. The smallest absolute Gasteiger partial charge is 0.261 e. The number of nitrogens with one attached hydrogen (secondary N) is 1. The van der Waals surface area contributed by atoms with Gasteiger partial charge in [0.1, 0.15) is 0 Å². The van der Waals surface area contributed by atoms with Crippen LogP contribution in [0.25, 0.3) is 0 Å². The second-order valence-corrected chi connectivity index (χ2v) is 10.4. The molecule has 160 valence electrons. The number of piperidine rings is 1. The van der Waals surface area contributed by atoms with E-state index in [-0.39, 0.29) is 10.8 Å². The third-order valence-electron chi connectivity index (χ3n) is 6.84. The second kappa shape index (κ2) is 8.42. The molecular formula is C24H30N2O3S. The Morgan fingerprint density at radius 3 is 2.40 bits per heavy atom. The van der Waals surface area contributed by atoms with E-state index in [2.05, 4.69) is 4.72 Å². The van der Waals surface area contributed by atoms with Gasteiger partial charge < -0.3 is 4.90 Å². The van der Waals surface area contributed by atoms with E-state index in [1.165, 1.54) is 37.8 Å². The first-order valence-corrected chi connectivity index (χ1v) is 12.3. The molecule has 0 unspecified atom stereocenters. The topological polar surface area (TPSA) is 66.5 Å². The first-order chi connectivity index (χ1) is 14.3. The largest absolute Gasteiger partial charge is 0.338 e. The molecule has 2 aliphatic rings. The lowest BCUT2D eigenvalue weighted by atomic mass is 9.75. The number of amides is 1. The van der Waals surface area contributed by atoms with E-state index in [9.17, 15) is 13.2 Å². The van der Waals surface area contributed by atoms with Crippen molar-refractivity contribution in [3.05, 3.63) is 59.2 Å². The summed E-state index contributed by atoms with van der Waals surface area (Å²) in [6.45, 7) is 5.47. The zero-order chi connectivity index (χ0) is 21.3. The van der Waals surface area contributed by atoms with Gasteiger partial charge in [-0.15, -0.1) is 0 Å². The van der Waals surface area contributed by atoms with Crippen molar-refractivity contribution < 1.29 is 13.2 Å². The Hall–Kier alpha value is -2.34. The molecule has 2 fully saturated rings. The Kier molecular flexibility index (Phi) is 5.87. The Morgan fingerprint density at radius 2 is 1.67 bits per heavy atom. The van der Waals surface area contributed by atoms with Gasteiger partial charge in [0, 0.05) is 18.7 Å². The molecule has 2 aromatic carbocycles. The third-order valence-corrected chi connectivity index (χ3v) is 8.22. The third kappa shape index (κ3) is 4.24. The van der Waals surface area contributed by atoms with Crippen molar-refractivity contribution in [3.8, 4) is 0 Å². The molecule has 1 saturated carbocycles. The van der Waals surface area contributed by atoms with Crippen LogP contribution in [0.3, 0.4) is 0 Å². The molecule has 1 aliphatic carbocycles. The molecule has 0 spiro atoms. The summed E-state index contributed by atoms with van der Waals surface area (Å²) >= 11 is 0. The Bertz CT molecular complexity index is 1030. The normalized spacial score (nSPS) is 21.7. The van der Waals surface area contributed by atoms with Crippen LogP contribution in [0, 0.1) is 25.7 Å². The lowest BCUT2D eigenvalue weighted by molar-refractivity contribution is 0.0521. The van der Waals surface area contributed by atoms with Gasteiger partial charge in [-0.3, -0.25) is 9.52 Å². The number of nitrogens with zero attached hydrogens (tertiary/aromatic N) is 1. The lowest BCUT2D eigenvalue weighted by Gasteiger charge is -2.41. The molecule has 0 aromatic heterocycles. The van der Waals surface area contributed by atoms with Crippen molar-refractivity contribution in [1.82, 2.24) is 4.90 Å². The summed E-state index contributed by atoms with van der Waals surface area (Å²) in [5.41, 5.74) is 3.05. The van der Waals surface area contributed by atoms with E-state index in [4.69, 9.17) is 0 Å². The van der Waals surface area contributed by atoms with Crippen LogP contribution in [0.4, 0.5) is 5.69 Å². The summed E-state index contributed by atoms with van der Waals surface area (Å²) in [5.74, 6) is 1.40. The predicted molar refractivity (Wildman–Crippen MR) is 119 cm³/mol. The van der Waals surface area contributed by atoms with Crippen LogP contribution >= 0.6 is 0 Å². The van der Waals surface area contributed by atoms with Crippen LogP contribution in [0.2, 0.25) is 0 Å². The second-order valence-electron chi connectivity index (χ2n) is 8.72. The van der Waals surface area contributed by atoms with Gasteiger partial charge in [-0.05, 0) is 80.0 Å². The molecule has 1 amide bonds. The minimum Gasteiger partial charge on any atom is -0.338 e. The molecule has 1 N–H and O–H groups in total. The molecule has 30 heavy (non-hydrogen) atoms. The average Bonchev–Trinajstić information content (AvgIpc) is 2.76. The highest BCUT2D eigenvalue weighted by Crippen LogP contribution is 2.36. The number of anilines is 1. The van der Waals surface area contributed by atoms with Crippen LogP contribution in [-0.2, 0) is 10.0 Å². The van der Waals surface area contributed by atoms with Crippen LogP contribution < -0.4 is 4.72 Å². The summed E-state index contributed by atoms with van der Waals surface area (Å²) in [6, 6.07) is 11.8. The van der Waals surface area contributed by atoms with Crippen LogP contribution in [0.5, 0.6) is 0 Å². The van der Waals surface area contributed by atoms with E-state index >= 15 is 0 Å². The van der Waals surface area contributed by atoms with Crippen molar-refractivity contribution >= 4 is 21.6 Å². The zero-order valence-electron chi connectivity index (χ0n) is 17.7. The number of carbonyl (C=O) groups excluding carboxylic acids is 1. The number of aryl methyl sites for hydroxylation is 1. The highest BCUT2D eigenvalue weighted by atomic mass is 32.2. The van der Waals surface area contributed by atoms with Crippen LogP contribution in [0.15, 0.2) is 47.4 Å². The summed E-state index contributed by atoms with van der Waals surface area (Å²) < 4.78 is 28.3. The Balaban J connectivity index is 1.47. The maximum atomic E-state index is 13.0. The van der Waals surface area contributed by atoms with Gasteiger partial charge in [0.05, 0.1) is 10.6 Å². The number of rotatable bonds is 4. The molecule has 0 bridgehead atoms. The molecule has 5 nitrogen and oxygen atoms in total. The zero-order valence-corrected chi connectivity index (χ0v) is 18.5. The van der Waals surface area contributed by atoms with Crippen molar-refractivity contribution in [2.24, 2.45) is 11.8 Å². The summed E-state index contributed by atoms with van der Waals surface area (Å²) in [5, 5.41) is 0. The number of benzene rings is 2. The van der Waals surface area contributed by atoms with E-state index in [1.807, 2.05) is 30.9 Å². The SMILES string of the molecule is Cc1cccc(NS(=O)(=O)c2ccc(C(=O)N3CC[C@H]4CCCC[C@H]4C3)cc2)c1C. The molecule has 2 atom stereocenters. The maximum absolute atomic E-state index is 13.0. The molecular weight excluding hydrogens is 396 g/mol. The van der Waals surface area contributed by atoms with Gasteiger partial charge in [-0.2, -0.15) is 0 Å². The first-order valence-electron chi connectivity index (χ1n) is 10.8. The fourth-order valence-electron chi connectivity index (χ4n) is 4.81. The Labute approximate surface area is 179 Å². The monoisotopic (exact) mass is 426 g/mol. The summed E-state index contributed by atoms with van der Waals surface area (Å²) in [7, 11) is -3.71. The molecule has 2 aromatic rings. The van der Waals surface area contributed by atoms with E-state index in [0.29, 0.717) is 17.2 Å². The molecule has 1 aliphatic heterocycles. The number of hydrogen-bond donors (Lipinski definition) is 1. The van der Waals surface area contributed by atoms with E-state index in [0.717, 1.165) is 36.6 Å². The van der Waals surface area contributed by atoms with Crippen molar-refractivity contribution in [2.75, 3.05) is 17.8 Å². The van der Waals surface area contributed by atoms with Crippen molar-refractivity contribution in [3.63, 3.8) is 0 Å². The van der Waals surface area contributed by atoms with Crippen molar-refractivity contribution in [1.29, 1.82) is 0 Å². The summed E-state index contributed by atoms with van der Waals surface area (Å²) in [6.07, 6.45) is 6.19. The van der Waals surface area contributed by atoms with Gasteiger partial charge >= 0.3 is 0 Å². The standard InChI is InChI=1S/C24H30N2O3S/c1-17-6-5-9-23(18(17)2)25-30(28,29)22-12-10-20(11-13-22)24(27)26-15-14-19-7-3-4-8-21(19)16-26/h5-6,9-13,19,21,25H,3-4,7-8,14-16H2,1-2H3/t19-,21+/m1/s1. The number of carbonyl (C=O) groups is 1. The van der Waals surface area contributed by atoms with E-state index < -0.39 is 10.0 Å². The van der Waals surface area contributed by atoms with Crippen molar-refractivity contribution in [2.45, 2.75) is 50.8 Å². The number of hydrogen-bond acceptors (Lipinski definition) is 3. The van der Waals surface area contributed by atoms with Gasteiger partial charge in [0.25, 0.3) is 15.9 Å². The van der Waals surface area contributed by atoms with Gasteiger partial charge in [-0.1, -0.05) is 31.4 Å². The van der Waals surface area contributed by atoms with Crippen LogP contribution in [0.1, 0.15) is 53.6 Å². The molecule has 1 heterocycles. The lowest BCUT2D eigenvalue weighted by Crippen LogP contribution is -2.44. The number of fused-ring (bicyclic) bond motifs is 1. The maximum Gasteiger partial charge on any atom is 0.261 e. The molecule has 0 radical (unpaired) electrons. The Morgan fingerprint density at radius 1 is 0.967 bits per heavy atom. The molecule has 6 heteroatoms. The van der Waals surface area contributed by atoms with Gasteiger partial charge in [0.2, 0.25) is 0 Å². The fraction of sp³-hybridized carbons (Fsp3) is 0.458. The van der Waals surface area contributed by atoms with Crippen LogP contribution in [-0.4, -0.2) is 32.3 Å². The highest BCUT2D eigenvalue weighted by Gasteiger charge is 2.33. The number of likely N-dealkylation sites (tertiary alicyclic amines) is 1. The van der Waals surface area contributed by atoms with Gasteiger partial charge in [-0.25, -0.2) is 8.42 Å². The van der Waals surface area contributed by atoms with E-state index in [1.54, 1.807) is 18.2 Å². The first kappa shape index (κ1) is 20.9. The minimum absolute atomic E-state index is 0.00505. The minimum atomic E-state index is -3.71. The summed E-state index contributed by atoms with van der Waals surface area (Å²) in [4.78, 5) is 15.1. The number of sulfonamides is 1. The highest BCUT2D eigenvalue weighted by molar-refractivity contribution is 7.92. The molecule has 4 rings (SSSR count).